The molecule has 0 atom stereocenters. The van der Waals surface area contributed by atoms with Crippen molar-refractivity contribution in [3.05, 3.63) is 23.9 Å². The zero-order valence-electron chi connectivity index (χ0n) is 16.2. The number of hydrogen-bond donors (Lipinski definition) is 3. The summed E-state index contributed by atoms with van der Waals surface area (Å²) < 4.78 is 17.0. The molecule has 0 unspecified atom stereocenters. The maximum absolute atomic E-state index is 12.6. The summed E-state index contributed by atoms with van der Waals surface area (Å²) in [5.74, 6) is 0.658. The van der Waals surface area contributed by atoms with Gasteiger partial charge >= 0.3 is 0 Å². The fourth-order valence-electron chi connectivity index (χ4n) is 3.02. The van der Waals surface area contributed by atoms with Crippen molar-refractivity contribution < 1.29 is 23.8 Å². The van der Waals surface area contributed by atoms with E-state index in [9.17, 15) is 9.59 Å². The van der Waals surface area contributed by atoms with Crippen molar-refractivity contribution in [1.29, 1.82) is 0 Å². The van der Waals surface area contributed by atoms with Crippen molar-refractivity contribution in [2.24, 2.45) is 0 Å². The van der Waals surface area contributed by atoms with Gasteiger partial charge in [-0.1, -0.05) is 0 Å². The fraction of sp³-hybridized carbons (Fsp3) is 0.474. The first-order valence-electron chi connectivity index (χ1n) is 9.45. The molecule has 0 spiro atoms. The molecule has 2 heterocycles. The summed E-state index contributed by atoms with van der Waals surface area (Å²) in [7, 11) is 0. The largest absolute Gasteiger partial charge is 0.492 e. The van der Waals surface area contributed by atoms with Crippen molar-refractivity contribution in [3.8, 4) is 11.5 Å². The lowest BCUT2D eigenvalue weighted by Crippen LogP contribution is -2.43. The zero-order chi connectivity index (χ0) is 19.9. The van der Waals surface area contributed by atoms with Gasteiger partial charge in [-0.25, -0.2) is 0 Å². The SMILES string of the molecule is CCOc1cc(N2CCOCC2)c(OCC)cc1NC(=O)C1=CCC(=O)NN1. The zero-order valence-corrected chi connectivity index (χ0v) is 16.2. The Hall–Kier alpha value is -2.94. The molecule has 3 rings (SSSR count). The molecule has 152 valence electrons. The summed E-state index contributed by atoms with van der Waals surface area (Å²) in [5, 5.41) is 2.84. The maximum atomic E-state index is 12.6. The lowest BCUT2D eigenvalue weighted by atomic mass is 10.2. The molecule has 0 radical (unpaired) electrons. The fourth-order valence-corrected chi connectivity index (χ4v) is 3.02. The van der Waals surface area contributed by atoms with Crippen LogP contribution >= 0.6 is 0 Å². The molecule has 1 aromatic carbocycles. The Labute approximate surface area is 164 Å². The van der Waals surface area contributed by atoms with E-state index in [1.165, 1.54) is 0 Å². The summed E-state index contributed by atoms with van der Waals surface area (Å²) in [6.45, 7) is 7.57. The average molecular weight is 390 g/mol. The number of anilines is 2. The molecule has 28 heavy (non-hydrogen) atoms. The molecular formula is C19H26N4O5. The van der Waals surface area contributed by atoms with Gasteiger partial charge in [-0.2, -0.15) is 0 Å². The van der Waals surface area contributed by atoms with E-state index in [1.807, 2.05) is 19.9 Å². The topological polar surface area (TPSA) is 101 Å². The van der Waals surface area contributed by atoms with Gasteiger partial charge in [0.15, 0.2) is 0 Å². The average Bonchev–Trinajstić information content (AvgIpc) is 2.71. The standard InChI is InChI=1S/C19H26N4O5/c1-3-27-16-12-15(23-7-9-26-10-8-23)17(28-4-2)11-14(16)20-19(25)13-5-6-18(24)22-21-13/h5,11-12,21H,3-4,6-10H2,1-2H3,(H,20,25)(H,22,24). The molecular weight excluding hydrogens is 364 g/mol. The number of nitrogens with zero attached hydrogens (tertiary/aromatic N) is 1. The van der Waals surface area contributed by atoms with Crippen molar-refractivity contribution >= 4 is 23.2 Å². The smallest absolute Gasteiger partial charge is 0.273 e. The third-order valence-corrected chi connectivity index (χ3v) is 4.33. The molecule has 1 saturated heterocycles. The molecule has 0 bridgehead atoms. The first kappa shape index (κ1) is 19.8. The van der Waals surface area contributed by atoms with E-state index in [2.05, 4.69) is 21.1 Å². The number of benzene rings is 1. The second-order valence-corrected chi connectivity index (χ2v) is 6.23. The number of amides is 2. The predicted octanol–water partition coefficient (Wildman–Crippen LogP) is 1.17. The molecule has 1 aromatic rings. The Morgan fingerprint density at radius 3 is 2.50 bits per heavy atom. The van der Waals surface area contributed by atoms with Crippen molar-refractivity contribution in [1.82, 2.24) is 10.9 Å². The van der Waals surface area contributed by atoms with Gasteiger partial charge in [0.1, 0.15) is 17.2 Å². The van der Waals surface area contributed by atoms with E-state index in [-0.39, 0.29) is 23.9 Å². The summed E-state index contributed by atoms with van der Waals surface area (Å²) in [6.07, 6.45) is 1.69. The van der Waals surface area contributed by atoms with E-state index in [0.717, 1.165) is 18.8 Å². The van der Waals surface area contributed by atoms with E-state index in [0.29, 0.717) is 43.6 Å². The van der Waals surface area contributed by atoms with Crippen LogP contribution in [0.1, 0.15) is 20.3 Å². The van der Waals surface area contributed by atoms with Crippen LogP contribution in [0.5, 0.6) is 11.5 Å². The number of rotatable bonds is 7. The second kappa shape index (κ2) is 9.32. The highest BCUT2D eigenvalue weighted by molar-refractivity contribution is 6.05. The van der Waals surface area contributed by atoms with Gasteiger partial charge in [-0.15, -0.1) is 0 Å². The van der Waals surface area contributed by atoms with Crippen LogP contribution in [-0.2, 0) is 14.3 Å². The third-order valence-electron chi connectivity index (χ3n) is 4.33. The van der Waals surface area contributed by atoms with Crippen LogP contribution in [0.15, 0.2) is 23.9 Å². The van der Waals surface area contributed by atoms with Crippen LogP contribution < -0.4 is 30.5 Å². The van der Waals surface area contributed by atoms with Gasteiger partial charge in [-0.3, -0.25) is 20.4 Å². The highest BCUT2D eigenvalue weighted by Crippen LogP contribution is 2.39. The predicted molar refractivity (Wildman–Crippen MR) is 104 cm³/mol. The molecule has 2 aliphatic rings. The molecule has 0 aliphatic carbocycles. The van der Waals surface area contributed by atoms with Gasteiger partial charge in [-0.05, 0) is 19.9 Å². The monoisotopic (exact) mass is 390 g/mol. The summed E-state index contributed by atoms with van der Waals surface area (Å²) in [5.41, 5.74) is 6.72. The molecule has 3 N–H and O–H groups in total. The van der Waals surface area contributed by atoms with E-state index >= 15 is 0 Å². The molecule has 2 amide bonds. The Balaban J connectivity index is 1.89. The summed E-state index contributed by atoms with van der Waals surface area (Å²) >= 11 is 0. The Kier molecular flexibility index (Phi) is 6.59. The van der Waals surface area contributed by atoms with Crippen LogP contribution in [0, 0.1) is 0 Å². The molecule has 0 saturated carbocycles. The Morgan fingerprint density at radius 2 is 1.86 bits per heavy atom. The number of hydrogen-bond acceptors (Lipinski definition) is 7. The van der Waals surface area contributed by atoms with E-state index in [4.69, 9.17) is 14.2 Å². The number of ether oxygens (including phenoxy) is 3. The van der Waals surface area contributed by atoms with Crippen molar-refractivity contribution in [2.75, 3.05) is 49.7 Å². The third kappa shape index (κ3) is 4.66. The summed E-state index contributed by atoms with van der Waals surface area (Å²) in [6, 6.07) is 3.67. The highest BCUT2D eigenvalue weighted by atomic mass is 16.5. The van der Waals surface area contributed by atoms with Crippen LogP contribution in [0.2, 0.25) is 0 Å². The van der Waals surface area contributed by atoms with E-state index < -0.39 is 0 Å². The van der Waals surface area contributed by atoms with Crippen molar-refractivity contribution in [2.45, 2.75) is 20.3 Å². The van der Waals surface area contributed by atoms with Gasteiger partial charge in [0, 0.05) is 31.6 Å². The highest BCUT2D eigenvalue weighted by Gasteiger charge is 2.22. The van der Waals surface area contributed by atoms with E-state index in [1.54, 1.807) is 12.1 Å². The van der Waals surface area contributed by atoms with Gasteiger partial charge in [0.2, 0.25) is 5.91 Å². The van der Waals surface area contributed by atoms with Crippen LogP contribution in [0.3, 0.4) is 0 Å². The minimum absolute atomic E-state index is 0.147. The number of morpholine rings is 1. The summed E-state index contributed by atoms with van der Waals surface area (Å²) in [4.78, 5) is 26.0. The van der Waals surface area contributed by atoms with Crippen LogP contribution in [0.4, 0.5) is 11.4 Å². The normalized spacial score (nSPS) is 16.6. The Bertz CT molecular complexity index is 759. The lowest BCUT2D eigenvalue weighted by molar-refractivity contribution is -0.121. The first-order valence-corrected chi connectivity index (χ1v) is 9.45. The molecule has 2 aliphatic heterocycles. The first-order chi connectivity index (χ1) is 13.6. The molecule has 1 fully saturated rings. The van der Waals surface area contributed by atoms with Crippen LogP contribution in [-0.4, -0.2) is 51.3 Å². The van der Waals surface area contributed by atoms with Crippen molar-refractivity contribution in [3.63, 3.8) is 0 Å². The number of carbonyl (C=O) groups excluding carboxylic acids is 2. The lowest BCUT2D eigenvalue weighted by Gasteiger charge is -2.31. The number of nitrogens with one attached hydrogen (secondary N) is 3. The molecule has 9 heteroatoms. The van der Waals surface area contributed by atoms with Gasteiger partial charge < -0.3 is 24.4 Å². The molecule has 0 aromatic heterocycles. The maximum Gasteiger partial charge on any atom is 0.273 e. The minimum Gasteiger partial charge on any atom is -0.492 e. The van der Waals surface area contributed by atoms with Crippen LogP contribution in [0.25, 0.3) is 0 Å². The minimum atomic E-state index is -0.373. The number of carbonyl (C=O) groups is 2. The van der Waals surface area contributed by atoms with Gasteiger partial charge in [0.25, 0.3) is 5.91 Å². The quantitative estimate of drug-likeness (QED) is 0.642. The second-order valence-electron chi connectivity index (χ2n) is 6.23. The number of hydrazine groups is 1. The Morgan fingerprint density at radius 1 is 1.14 bits per heavy atom. The molecule has 9 nitrogen and oxygen atoms in total. The van der Waals surface area contributed by atoms with Gasteiger partial charge in [0.05, 0.1) is 37.8 Å².